The molecule has 0 aromatic heterocycles. The molecule has 23 heavy (non-hydrogen) atoms. The predicted octanol–water partition coefficient (Wildman–Crippen LogP) is 0.960. The molecule has 1 aromatic rings. The van der Waals surface area contributed by atoms with Gasteiger partial charge in [-0.1, -0.05) is 0 Å². The van der Waals surface area contributed by atoms with Gasteiger partial charge >= 0.3 is 0 Å². The Morgan fingerprint density at radius 2 is 2.13 bits per heavy atom. The first kappa shape index (κ1) is 16.4. The van der Waals surface area contributed by atoms with Crippen molar-refractivity contribution < 1.29 is 13.2 Å². The third kappa shape index (κ3) is 3.00. The smallest absolute Gasteiger partial charge is 0.243 e. The van der Waals surface area contributed by atoms with E-state index < -0.39 is 10.0 Å². The highest BCUT2D eigenvalue weighted by Gasteiger charge is 2.42. The van der Waals surface area contributed by atoms with Crippen molar-refractivity contribution >= 4 is 10.0 Å². The summed E-state index contributed by atoms with van der Waals surface area (Å²) in [5.74, 6) is 0. The van der Waals surface area contributed by atoms with Crippen LogP contribution in [-0.4, -0.2) is 63.1 Å². The minimum Gasteiger partial charge on any atom is -0.375 e. The maximum absolute atomic E-state index is 13.1. The molecule has 2 aliphatic rings. The highest BCUT2D eigenvalue weighted by molar-refractivity contribution is 7.89. The van der Waals surface area contributed by atoms with Crippen LogP contribution in [0.25, 0.3) is 0 Å². The fourth-order valence-electron chi connectivity index (χ4n) is 3.43. The number of likely N-dealkylation sites (N-methyl/N-ethyl adjacent to an activating group) is 1. The summed E-state index contributed by atoms with van der Waals surface area (Å²) in [5.41, 5.74) is 1.08. The van der Waals surface area contributed by atoms with Gasteiger partial charge in [-0.3, -0.25) is 0 Å². The summed E-state index contributed by atoms with van der Waals surface area (Å²) in [4.78, 5) is 2.43. The van der Waals surface area contributed by atoms with Crippen molar-refractivity contribution in [2.24, 2.45) is 0 Å². The largest absolute Gasteiger partial charge is 0.375 e. The minimum absolute atomic E-state index is 0.0339. The van der Waals surface area contributed by atoms with Crippen LogP contribution in [0.1, 0.15) is 17.5 Å². The lowest BCUT2D eigenvalue weighted by atomic mass is 10.0. The molecule has 6 nitrogen and oxygen atoms in total. The summed E-state index contributed by atoms with van der Waals surface area (Å²) in [6, 6.07) is 6.62. The third-order valence-corrected chi connectivity index (χ3v) is 6.71. The van der Waals surface area contributed by atoms with E-state index in [1.807, 2.05) is 13.1 Å². The van der Waals surface area contributed by atoms with E-state index in [9.17, 15) is 8.42 Å². The molecule has 2 aliphatic heterocycles. The lowest BCUT2D eigenvalue weighted by Crippen LogP contribution is -2.60. The molecular weight excluding hydrogens is 314 g/mol. The van der Waals surface area contributed by atoms with Crippen molar-refractivity contribution in [2.45, 2.75) is 30.4 Å². The fourth-order valence-corrected chi connectivity index (χ4v) is 5.26. The van der Waals surface area contributed by atoms with Crippen molar-refractivity contribution in [1.29, 1.82) is 5.26 Å². The van der Waals surface area contributed by atoms with Crippen molar-refractivity contribution in [2.75, 3.05) is 33.3 Å². The average molecular weight is 335 g/mol. The Bertz CT molecular complexity index is 741. The number of rotatable bonds is 2. The highest BCUT2D eigenvalue weighted by atomic mass is 32.2. The molecule has 0 aliphatic carbocycles. The Morgan fingerprint density at radius 3 is 2.83 bits per heavy atom. The zero-order valence-electron chi connectivity index (χ0n) is 13.4. The van der Waals surface area contributed by atoms with Crippen LogP contribution >= 0.6 is 0 Å². The topological polar surface area (TPSA) is 73.6 Å². The number of likely N-dealkylation sites (tertiary alicyclic amines) is 1. The van der Waals surface area contributed by atoms with Crippen LogP contribution in [-0.2, 0) is 14.8 Å². The molecule has 2 atom stereocenters. The molecule has 2 heterocycles. The highest BCUT2D eigenvalue weighted by Crippen LogP contribution is 2.29. The number of hydrogen-bond acceptors (Lipinski definition) is 5. The second kappa shape index (κ2) is 6.21. The molecule has 0 N–H and O–H groups in total. The number of ether oxygens (including phenoxy) is 1. The minimum atomic E-state index is -3.59. The number of hydrogen-bond donors (Lipinski definition) is 0. The quantitative estimate of drug-likeness (QED) is 0.805. The van der Waals surface area contributed by atoms with Gasteiger partial charge < -0.3 is 9.64 Å². The van der Waals surface area contributed by atoms with E-state index in [0.29, 0.717) is 30.8 Å². The number of piperidine rings is 1. The fraction of sp³-hybridized carbons (Fsp3) is 0.562. The van der Waals surface area contributed by atoms with Crippen molar-refractivity contribution in [3.8, 4) is 6.07 Å². The first-order chi connectivity index (χ1) is 10.9. The molecule has 0 amide bonds. The Hall–Kier alpha value is -1.46. The zero-order valence-corrected chi connectivity index (χ0v) is 14.2. The summed E-state index contributed by atoms with van der Waals surface area (Å²) >= 11 is 0. The molecule has 1 aromatic carbocycles. The number of fused-ring (bicyclic) bond motifs is 1. The summed E-state index contributed by atoms with van der Waals surface area (Å²) < 4.78 is 33.6. The molecule has 0 saturated carbocycles. The molecule has 3 rings (SSSR count). The lowest BCUT2D eigenvalue weighted by molar-refractivity contribution is -0.0719. The average Bonchev–Trinajstić information content (AvgIpc) is 2.53. The summed E-state index contributed by atoms with van der Waals surface area (Å²) in [6.07, 6.45) is 0.813. The molecule has 0 bridgehead atoms. The maximum Gasteiger partial charge on any atom is 0.243 e. The van der Waals surface area contributed by atoms with E-state index in [0.717, 1.165) is 13.0 Å². The number of nitriles is 1. The van der Waals surface area contributed by atoms with Gasteiger partial charge in [-0.25, -0.2) is 8.42 Å². The Kier molecular flexibility index (Phi) is 4.43. The van der Waals surface area contributed by atoms with E-state index in [1.54, 1.807) is 29.4 Å². The normalized spacial score (nSPS) is 26.5. The van der Waals surface area contributed by atoms with Gasteiger partial charge in [-0.2, -0.15) is 9.57 Å². The first-order valence-corrected chi connectivity index (χ1v) is 9.20. The van der Waals surface area contributed by atoms with Crippen LogP contribution in [0.3, 0.4) is 0 Å². The predicted molar refractivity (Wildman–Crippen MR) is 85.4 cm³/mol. The number of nitrogens with zero attached hydrogens (tertiary/aromatic N) is 3. The summed E-state index contributed by atoms with van der Waals surface area (Å²) in [5, 5.41) is 8.96. The first-order valence-electron chi connectivity index (χ1n) is 7.76. The number of morpholine rings is 1. The van der Waals surface area contributed by atoms with Gasteiger partial charge in [0.25, 0.3) is 0 Å². The van der Waals surface area contributed by atoms with Gasteiger partial charge in [0.2, 0.25) is 10.0 Å². The Balaban J connectivity index is 1.96. The van der Waals surface area contributed by atoms with Crippen LogP contribution in [0.15, 0.2) is 23.1 Å². The molecular formula is C16H21N3O3S. The number of benzene rings is 1. The molecule has 0 radical (unpaired) electrons. The third-order valence-electron chi connectivity index (χ3n) is 4.63. The van der Waals surface area contributed by atoms with E-state index in [4.69, 9.17) is 10.00 Å². The van der Waals surface area contributed by atoms with Gasteiger partial charge in [-0.05, 0) is 44.2 Å². The van der Waals surface area contributed by atoms with E-state index in [-0.39, 0.29) is 17.0 Å². The van der Waals surface area contributed by atoms with Crippen molar-refractivity contribution in [1.82, 2.24) is 9.21 Å². The summed E-state index contributed by atoms with van der Waals surface area (Å²) in [7, 11) is -1.59. The molecule has 2 saturated heterocycles. The van der Waals surface area contributed by atoms with Gasteiger partial charge in [-0.15, -0.1) is 0 Å². The number of aryl methyl sites for hydroxylation is 1. The molecule has 7 heteroatoms. The van der Waals surface area contributed by atoms with Crippen LogP contribution in [0.5, 0.6) is 0 Å². The van der Waals surface area contributed by atoms with Crippen molar-refractivity contribution in [3.05, 3.63) is 29.3 Å². The van der Waals surface area contributed by atoms with Gasteiger partial charge in [0, 0.05) is 19.6 Å². The SMILES string of the molecule is Cc1cc(C#N)ccc1S(=O)(=O)N1CCO[C@@H]2CCN(C)C[C@H]21. The van der Waals surface area contributed by atoms with Crippen LogP contribution in [0.4, 0.5) is 0 Å². The van der Waals surface area contributed by atoms with E-state index in [1.165, 1.54) is 0 Å². The van der Waals surface area contributed by atoms with Crippen LogP contribution in [0.2, 0.25) is 0 Å². The Morgan fingerprint density at radius 1 is 1.35 bits per heavy atom. The lowest BCUT2D eigenvalue weighted by Gasteiger charge is -2.45. The standard InChI is InChI=1S/C16H21N3O3S/c1-12-9-13(10-17)3-4-16(12)23(20,21)19-7-8-22-15-5-6-18(2)11-14(15)19/h3-4,9,14-15H,5-8,11H2,1-2H3/t14-,15-/m1/s1. The maximum atomic E-state index is 13.1. The second-order valence-electron chi connectivity index (χ2n) is 6.24. The molecule has 0 unspecified atom stereocenters. The van der Waals surface area contributed by atoms with E-state index >= 15 is 0 Å². The summed E-state index contributed by atoms with van der Waals surface area (Å²) in [6.45, 7) is 4.14. The van der Waals surface area contributed by atoms with Gasteiger partial charge in [0.1, 0.15) is 0 Å². The van der Waals surface area contributed by atoms with Gasteiger partial charge in [0.05, 0.1) is 35.3 Å². The second-order valence-corrected chi connectivity index (χ2v) is 8.09. The van der Waals surface area contributed by atoms with Crippen molar-refractivity contribution in [3.63, 3.8) is 0 Å². The molecule has 0 spiro atoms. The van der Waals surface area contributed by atoms with Crippen LogP contribution in [0, 0.1) is 18.3 Å². The van der Waals surface area contributed by atoms with Crippen LogP contribution < -0.4 is 0 Å². The van der Waals surface area contributed by atoms with E-state index in [2.05, 4.69) is 4.90 Å². The monoisotopic (exact) mass is 335 g/mol. The number of sulfonamides is 1. The molecule has 2 fully saturated rings. The Labute approximate surface area is 137 Å². The van der Waals surface area contributed by atoms with Gasteiger partial charge in [0.15, 0.2) is 0 Å². The zero-order chi connectivity index (χ0) is 16.6. The molecule has 124 valence electrons.